The Bertz CT molecular complexity index is 1200. The van der Waals surface area contributed by atoms with Crippen LogP contribution in [-0.2, 0) is 28.9 Å². The van der Waals surface area contributed by atoms with Crippen molar-refractivity contribution in [1.29, 1.82) is 5.26 Å². The maximum atomic E-state index is 12.5. The fourth-order valence-electron chi connectivity index (χ4n) is 3.55. The standard InChI is InChI=1S/C25H22N4O3S/c26-16-21-20-10-14-29(25(31)32-15-11-19-8-12-27-13-9-19)17-22(20)33-24(21)28-23(30)7-6-18-4-2-1-3-5-18/h1-9,12-13H,10-11,14-15,17H2,(H,28,30)/b7-6+. The maximum absolute atomic E-state index is 12.5. The molecule has 2 amide bonds. The molecule has 0 saturated carbocycles. The number of amides is 2. The fraction of sp³-hybridized carbons (Fsp3) is 0.200. The number of anilines is 1. The molecule has 0 spiro atoms. The van der Waals surface area contributed by atoms with E-state index in [9.17, 15) is 14.9 Å². The van der Waals surface area contributed by atoms with E-state index in [0.29, 0.717) is 36.5 Å². The van der Waals surface area contributed by atoms with E-state index < -0.39 is 0 Å². The Hall–Kier alpha value is -3.96. The average molecular weight is 459 g/mol. The molecule has 0 unspecified atom stereocenters. The van der Waals surface area contributed by atoms with E-state index >= 15 is 0 Å². The first-order chi connectivity index (χ1) is 16.1. The summed E-state index contributed by atoms with van der Waals surface area (Å²) in [5.74, 6) is -0.304. The van der Waals surface area contributed by atoms with Gasteiger partial charge >= 0.3 is 6.09 Å². The van der Waals surface area contributed by atoms with Crippen LogP contribution in [0.3, 0.4) is 0 Å². The van der Waals surface area contributed by atoms with E-state index in [2.05, 4.69) is 16.4 Å². The van der Waals surface area contributed by atoms with Gasteiger partial charge in [0.05, 0.1) is 18.7 Å². The van der Waals surface area contributed by atoms with Crippen LogP contribution in [0.1, 0.15) is 27.1 Å². The van der Waals surface area contributed by atoms with Crippen LogP contribution in [-0.4, -0.2) is 35.0 Å². The molecule has 0 saturated heterocycles. The number of nitrogens with zero attached hydrogens (tertiary/aromatic N) is 3. The highest BCUT2D eigenvalue weighted by molar-refractivity contribution is 7.16. The van der Waals surface area contributed by atoms with Gasteiger partial charge in [-0.25, -0.2) is 4.79 Å². The summed E-state index contributed by atoms with van der Waals surface area (Å²) in [5.41, 5.74) is 3.34. The van der Waals surface area contributed by atoms with Gasteiger partial charge in [0.25, 0.3) is 0 Å². The minimum atomic E-state index is -0.377. The maximum Gasteiger partial charge on any atom is 0.410 e. The minimum absolute atomic E-state index is 0.287. The van der Waals surface area contributed by atoms with Crippen molar-refractivity contribution >= 4 is 34.4 Å². The predicted octanol–water partition coefficient (Wildman–Crippen LogP) is 4.40. The van der Waals surface area contributed by atoms with Crippen LogP contribution in [0.4, 0.5) is 9.80 Å². The number of fused-ring (bicyclic) bond motifs is 1. The van der Waals surface area contributed by atoms with Gasteiger partial charge in [-0.1, -0.05) is 30.3 Å². The normalized spacial score (nSPS) is 12.8. The second kappa shape index (κ2) is 10.6. The highest BCUT2D eigenvalue weighted by Gasteiger charge is 2.28. The molecule has 4 rings (SSSR count). The topological polar surface area (TPSA) is 95.3 Å². The molecule has 0 atom stereocenters. The lowest BCUT2D eigenvalue weighted by Crippen LogP contribution is -2.36. The Kier molecular flexibility index (Phi) is 7.12. The van der Waals surface area contributed by atoms with Crippen molar-refractivity contribution in [2.24, 2.45) is 0 Å². The summed E-state index contributed by atoms with van der Waals surface area (Å²) in [6.45, 7) is 1.11. The molecule has 2 aromatic heterocycles. The second-order valence-corrected chi connectivity index (χ2v) is 8.55. The van der Waals surface area contributed by atoms with E-state index in [1.165, 1.54) is 17.4 Å². The molecular weight excluding hydrogens is 436 g/mol. The van der Waals surface area contributed by atoms with Crippen LogP contribution in [0.25, 0.3) is 6.08 Å². The van der Waals surface area contributed by atoms with Crippen LogP contribution in [0.5, 0.6) is 0 Å². The molecule has 0 aliphatic carbocycles. The highest BCUT2D eigenvalue weighted by atomic mass is 32.1. The molecule has 1 aromatic carbocycles. The lowest BCUT2D eigenvalue weighted by molar-refractivity contribution is -0.111. The number of pyridine rings is 1. The molecule has 3 heterocycles. The van der Waals surface area contributed by atoms with E-state index in [4.69, 9.17) is 4.74 Å². The summed E-state index contributed by atoms with van der Waals surface area (Å²) >= 11 is 1.33. The van der Waals surface area contributed by atoms with Gasteiger partial charge in [-0.2, -0.15) is 5.26 Å². The number of nitrogens with one attached hydrogen (secondary N) is 1. The quantitative estimate of drug-likeness (QED) is 0.552. The first-order valence-corrected chi connectivity index (χ1v) is 11.3. The first kappa shape index (κ1) is 22.2. The van der Waals surface area contributed by atoms with Crippen LogP contribution < -0.4 is 5.32 Å². The lowest BCUT2D eigenvalue weighted by Gasteiger charge is -2.26. The fourth-order valence-corrected chi connectivity index (χ4v) is 4.77. The van der Waals surface area contributed by atoms with Gasteiger partial charge in [-0.3, -0.25) is 9.78 Å². The Morgan fingerprint density at radius 1 is 1.21 bits per heavy atom. The van der Waals surface area contributed by atoms with Gasteiger partial charge in [-0.05, 0) is 41.3 Å². The van der Waals surface area contributed by atoms with E-state index in [-0.39, 0.29) is 18.6 Å². The molecule has 0 radical (unpaired) electrons. The molecule has 3 aromatic rings. The molecule has 1 aliphatic rings. The number of hydrogen-bond acceptors (Lipinski definition) is 6. The van der Waals surface area contributed by atoms with Gasteiger partial charge in [0.2, 0.25) is 5.91 Å². The first-order valence-electron chi connectivity index (χ1n) is 10.5. The van der Waals surface area contributed by atoms with Crippen LogP contribution in [0.15, 0.2) is 60.9 Å². The number of carbonyl (C=O) groups excluding carboxylic acids is 2. The Balaban J connectivity index is 1.37. The van der Waals surface area contributed by atoms with Crippen molar-refractivity contribution < 1.29 is 14.3 Å². The smallest absolute Gasteiger partial charge is 0.410 e. The molecule has 8 heteroatoms. The second-order valence-electron chi connectivity index (χ2n) is 7.44. The number of nitriles is 1. The van der Waals surface area contributed by atoms with Crippen LogP contribution in [0.2, 0.25) is 0 Å². The van der Waals surface area contributed by atoms with Gasteiger partial charge in [-0.15, -0.1) is 11.3 Å². The summed E-state index contributed by atoms with van der Waals surface area (Å²) in [6, 6.07) is 15.5. The summed E-state index contributed by atoms with van der Waals surface area (Å²) < 4.78 is 5.43. The van der Waals surface area contributed by atoms with Crippen molar-refractivity contribution in [2.75, 3.05) is 18.5 Å². The SMILES string of the molecule is N#Cc1c(NC(=O)/C=C/c2ccccc2)sc2c1CCN(C(=O)OCCc1ccncc1)C2. The number of hydrogen-bond donors (Lipinski definition) is 1. The van der Waals surface area contributed by atoms with Crippen molar-refractivity contribution in [2.45, 2.75) is 19.4 Å². The summed E-state index contributed by atoms with van der Waals surface area (Å²) in [4.78, 5) is 31.4. The third-order valence-electron chi connectivity index (χ3n) is 5.26. The van der Waals surface area contributed by atoms with Crippen molar-refractivity contribution in [1.82, 2.24) is 9.88 Å². The molecule has 166 valence electrons. The summed E-state index contributed by atoms with van der Waals surface area (Å²) in [5, 5.41) is 13.0. The summed E-state index contributed by atoms with van der Waals surface area (Å²) in [6.07, 6.45) is 7.38. The molecule has 0 bridgehead atoms. The highest BCUT2D eigenvalue weighted by Crippen LogP contribution is 2.36. The molecule has 33 heavy (non-hydrogen) atoms. The number of ether oxygens (including phenoxy) is 1. The number of aromatic nitrogens is 1. The predicted molar refractivity (Wildman–Crippen MR) is 127 cm³/mol. The number of rotatable bonds is 6. The molecule has 7 nitrogen and oxygen atoms in total. The van der Waals surface area contributed by atoms with Crippen LogP contribution >= 0.6 is 11.3 Å². The van der Waals surface area contributed by atoms with Crippen molar-refractivity contribution in [3.05, 3.63) is 88.1 Å². The number of thiophene rings is 1. The monoisotopic (exact) mass is 458 g/mol. The van der Waals surface area contributed by atoms with Crippen molar-refractivity contribution in [3.63, 3.8) is 0 Å². The van der Waals surface area contributed by atoms with E-state index in [1.807, 2.05) is 42.5 Å². The Morgan fingerprint density at radius 2 is 2.00 bits per heavy atom. The van der Waals surface area contributed by atoms with Gasteiger partial charge in [0.15, 0.2) is 0 Å². The third kappa shape index (κ3) is 5.64. The van der Waals surface area contributed by atoms with E-state index in [1.54, 1.807) is 23.4 Å². The zero-order chi connectivity index (χ0) is 23.0. The zero-order valence-corrected chi connectivity index (χ0v) is 18.7. The third-order valence-corrected chi connectivity index (χ3v) is 6.39. The van der Waals surface area contributed by atoms with E-state index in [0.717, 1.165) is 21.6 Å². The minimum Gasteiger partial charge on any atom is -0.449 e. The number of carbonyl (C=O) groups is 2. The lowest BCUT2D eigenvalue weighted by atomic mass is 10.0. The molecular formula is C25H22N4O3S. The van der Waals surface area contributed by atoms with Crippen molar-refractivity contribution in [3.8, 4) is 6.07 Å². The summed E-state index contributed by atoms with van der Waals surface area (Å²) in [7, 11) is 0. The largest absolute Gasteiger partial charge is 0.449 e. The zero-order valence-electron chi connectivity index (χ0n) is 17.9. The Morgan fingerprint density at radius 3 is 2.76 bits per heavy atom. The molecule has 0 fully saturated rings. The van der Waals surface area contributed by atoms with Gasteiger partial charge in [0.1, 0.15) is 11.1 Å². The average Bonchev–Trinajstić information content (AvgIpc) is 3.20. The number of benzene rings is 1. The van der Waals surface area contributed by atoms with Gasteiger partial charge in [0, 0.05) is 36.3 Å². The Labute approximate surface area is 195 Å². The van der Waals surface area contributed by atoms with Gasteiger partial charge < -0.3 is 15.0 Å². The molecule has 1 aliphatic heterocycles. The van der Waals surface area contributed by atoms with Crippen LogP contribution in [0, 0.1) is 11.3 Å². The molecule has 1 N–H and O–H groups in total.